The predicted molar refractivity (Wildman–Crippen MR) is 74.4 cm³/mol. The van der Waals surface area contributed by atoms with Crippen molar-refractivity contribution >= 4 is 37.8 Å². The molecule has 0 heterocycles. The van der Waals surface area contributed by atoms with Gasteiger partial charge in [0, 0.05) is 22.0 Å². The maximum absolute atomic E-state index is 10.4. The number of aromatic hydroxyl groups is 1. The third kappa shape index (κ3) is 3.83. The second-order valence-electron chi connectivity index (χ2n) is 3.83. The van der Waals surface area contributed by atoms with Crippen LogP contribution in [0.15, 0.2) is 33.2 Å². The maximum atomic E-state index is 10.4. The summed E-state index contributed by atoms with van der Waals surface area (Å²) >= 11 is 6.44. The summed E-state index contributed by atoms with van der Waals surface area (Å²) in [6.45, 7) is 1.67. The molecule has 0 spiro atoms. The largest absolute Gasteiger partial charge is 0.506 e. The third-order valence-corrected chi connectivity index (χ3v) is 3.48. The molecule has 4 nitrogen and oxygen atoms in total. The highest BCUT2D eigenvalue weighted by molar-refractivity contribution is 9.11. The number of benzene rings is 1. The molecular weight excluding hydrogens is 368 g/mol. The van der Waals surface area contributed by atoms with E-state index >= 15 is 0 Å². The maximum Gasteiger partial charge on any atom is 0.327 e. The average Bonchev–Trinajstić information content (AvgIpc) is 2.29. The summed E-state index contributed by atoms with van der Waals surface area (Å²) in [4.78, 5) is 10.4. The highest BCUT2D eigenvalue weighted by Gasteiger charge is 2.20. The van der Waals surface area contributed by atoms with Crippen LogP contribution in [0, 0.1) is 5.92 Å². The lowest BCUT2D eigenvalue weighted by molar-refractivity contribution is -0.131. The highest BCUT2D eigenvalue weighted by atomic mass is 79.9. The van der Waals surface area contributed by atoms with E-state index in [0.29, 0.717) is 14.5 Å². The van der Waals surface area contributed by atoms with Gasteiger partial charge in [-0.3, -0.25) is 0 Å². The Hall–Kier alpha value is -0.850. The van der Waals surface area contributed by atoms with Crippen LogP contribution in [0.5, 0.6) is 5.75 Å². The number of phenols is 1. The van der Waals surface area contributed by atoms with Crippen molar-refractivity contribution in [3.05, 3.63) is 38.8 Å². The Kier molecular flexibility index (Phi) is 5.37. The molecule has 0 unspecified atom stereocenters. The highest BCUT2D eigenvalue weighted by Crippen LogP contribution is 2.37. The van der Waals surface area contributed by atoms with Crippen molar-refractivity contribution in [2.75, 3.05) is 0 Å². The van der Waals surface area contributed by atoms with Gasteiger partial charge < -0.3 is 15.3 Å². The van der Waals surface area contributed by atoms with E-state index in [1.165, 1.54) is 6.08 Å². The first-order valence-corrected chi connectivity index (χ1v) is 6.68. The number of phenolic OH excluding ortho intramolecular Hbond substituents is 1. The van der Waals surface area contributed by atoms with Gasteiger partial charge >= 0.3 is 5.97 Å². The molecule has 1 rings (SSSR count). The molecule has 1 aromatic carbocycles. The van der Waals surface area contributed by atoms with Crippen molar-refractivity contribution in [3.63, 3.8) is 0 Å². The van der Waals surface area contributed by atoms with E-state index in [1.807, 2.05) is 0 Å². The topological polar surface area (TPSA) is 77.8 Å². The van der Waals surface area contributed by atoms with Gasteiger partial charge in [0.05, 0.1) is 10.6 Å². The molecule has 0 aliphatic heterocycles. The van der Waals surface area contributed by atoms with E-state index in [9.17, 15) is 15.0 Å². The van der Waals surface area contributed by atoms with Gasteiger partial charge in [0.25, 0.3) is 0 Å². The summed E-state index contributed by atoms with van der Waals surface area (Å²) in [6, 6.07) is 3.25. The quantitative estimate of drug-likeness (QED) is 0.702. The molecule has 3 N–H and O–H groups in total. The first kappa shape index (κ1) is 15.2. The summed E-state index contributed by atoms with van der Waals surface area (Å²) in [7, 11) is 0. The van der Waals surface area contributed by atoms with Crippen LogP contribution < -0.4 is 0 Å². The molecule has 18 heavy (non-hydrogen) atoms. The number of carbonyl (C=O) groups is 1. The van der Waals surface area contributed by atoms with E-state index in [2.05, 4.69) is 31.9 Å². The van der Waals surface area contributed by atoms with Crippen LogP contribution in [0.3, 0.4) is 0 Å². The summed E-state index contributed by atoms with van der Waals surface area (Å²) in [6.07, 6.45) is 1.36. The number of carboxylic acid groups (broad SMARTS) is 1. The van der Waals surface area contributed by atoms with Gasteiger partial charge in [0.2, 0.25) is 0 Å². The normalized spacial score (nSPS) is 14.7. The molecule has 0 bridgehead atoms. The van der Waals surface area contributed by atoms with Gasteiger partial charge in [-0.25, -0.2) is 4.79 Å². The lowest BCUT2D eigenvalue weighted by Gasteiger charge is -2.18. The molecule has 0 saturated carbocycles. The monoisotopic (exact) mass is 378 g/mol. The Morgan fingerprint density at radius 1 is 1.39 bits per heavy atom. The van der Waals surface area contributed by atoms with Crippen LogP contribution in [0.2, 0.25) is 0 Å². The van der Waals surface area contributed by atoms with Crippen LogP contribution in [-0.4, -0.2) is 21.3 Å². The van der Waals surface area contributed by atoms with Gasteiger partial charge in [-0.15, -0.1) is 0 Å². The molecule has 0 aliphatic rings. The number of hydrogen-bond acceptors (Lipinski definition) is 3. The first-order chi connectivity index (χ1) is 8.32. The van der Waals surface area contributed by atoms with Gasteiger partial charge in [-0.2, -0.15) is 0 Å². The lowest BCUT2D eigenvalue weighted by Crippen LogP contribution is -2.08. The molecule has 2 atom stereocenters. The zero-order valence-electron chi connectivity index (χ0n) is 9.47. The van der Waals surface area contributed by atoms with Gasteiger partial charge in [-0.05, 0) is 28.1 Å². The number of aliphatic hydroxyl groups excluding tert-OH is 1. The molecule has 0 saturated heterocycles. The summed E-state index contributed by atoms with van der Waals surface area (Å²) in [5.41, 5.74) is 0.332. The van der Waals surface area contributed by atoms with Crippen LogP contribution in [0.1, 0.15) is 18.6 Å². The number of hydrogen-bond donors (Lipinski definition) is 3. The van der Waals surface area contributed by atoms with Crippen molar-refractivity contribution < 1.29 is 20.1 Å². The SMILES string of the molecule is C[C@@H](/C=C/C(=O)O)[C@H](O)c1cc(Br)cc(Br)c1O. The molecule has 98 valence electrons. The number of aliphatic carboxylic acids is 1. The van der Waals surface area contributed by atoms with Crippen molar-refractivity contribution in [2.45, 2.75) is 13.0 Å². The summed E-state index contributed by atoms with van der Waals surface area (Å²) in [5.74, 6) is -1.57. The second-order valence-corrected chi connectivity index (χ2v) is 5.60. The predicted octanol–water partition coefficient (Wildman–Crippen LogP) is 3.23. The zero-order valence-corrected chi connectivity index (χ0v) is 12.6. The molecule has 0 radical (unpaired) electrons. The summed E-state index contributed by atoms with van der Waals surface area (Å²) < 4.78 is 1.16. The van der Waals surface area contributed by atoms with Crippen molar-refractivity contribution in [3.8, 4) is 5.75 Å². The average molecular weight is 380 g/mol. The molecule has 6 heteroatoms. The lowest BCUT2D eigenvalue weighted by atomic mass is 9.96. The van der Waals surface area contributed by atoms with Crippen LogP contribution >= 0.6 is 31.9 Å². The van der Waals surface area contributed by atoms with Crippen LogP contribution in [-0.2, 0) is 4.79 Å². The molecule has 0 aliphatic carbocycles. The Morgan fingerprint density at radius 2 is 2.00 bits per heavy atom. The Balaban J connectivity index is 3.03. The Bertz CT molecular complexity index is 485. The van der Waals surface area contributed by atoms with E-state index in [4.69, 9.17) is 5.11 Å². The number of rotatable bonds is 4. The molecular formula is C12H12Br2O4. The first-order valence-electron chi connectivity index (χ1n) is 5.10. The van der Waals surface area contributed by atoms with Gasteiger partial charge in [0.1, 0.15) is 5.75 Å². The fourth-order valence-corrected chi connectivity index (χ4v) is 2.69. The minimum absolute atomic E-state index is 0.0544. The van der Waals surface area contributed by atoms with E-state index in [0.717, 1.165) is 6.08 Å². The molecule has 0 fully saturated rings. The second kappa shape index (κ2) is 6.36. The molecule has 1 aromatic rings. The number of carboxylic acids is 1. The van der Waals surface area contributed by atoms with Crippen molar-refractivity contribution in [1.29, 1.82) is 0 Å². The van der Waals surface area contributed by atoms with Gasteiger partial charge in [0.15, 0.2) is 0 Å². The zero-order chi connectivity index (χ0) is 13.9. The van der Waals surface area contributed by atoms with E-state index < -0.39 is 18.0 Å². The van der Waals surface area contributed by atoms with Crippen LogP contribution in [0.25, 0.3) is 0 Å². The third-order valence-electron chi connectivity index (χ3n) is 2.42. The fourth-order valence-electron chi connectivity index (χ4n) is 1.43. The minimum atomic E-state index is -1.08. The number of halogens is 2. The van der Waals surface area contributed by atoms with E-state index in [1.54, 1.807) is 19.1 Å². The number of aliphatic hydroxyl groups is 1. The van der Waals surface area contributed by atoms with Gasteiger partial charge in [-0.1, -0.05) is 28.9 Å². The Labute approximate surface area is 121 Å². The standard InChI is InChI=1S/C12H12Br2O4/c1-6(2-3-10(15)16)11(17)8-4-7(13)5-9(14)12(8)18/h2-6,11,17-18H,1H3,(H,15,16)/b3-2+/t6-,11-/m0/s1. The summed E-state index contributed by atoms with van der Waals surface area (Å²) in [5, 5.41) is 28.5. The molecule has 0 amide bonds. The van der Waals surface area contributed by atoms with Crippen molar-refractivity contribution in [2.24, 2.45) is 5.92 Å². The smallest absolute Gasteiger partial charge is 0.327 e. The van der Waals surface area contributed by atoms with Crippen molar-refractivity contribution in [1.82, 2.24) is 0 Å². The molecule has 0 aromatic heterocycles. The van der Waals surface area contributed by atoms with Crippen LogP contribution in [0.4, 0.5) is 0 Å². The Morgan fingerprint density at radius 3 is 2.56 bits per heavy atom. The minimum Gasteiger partial charge on any atom is -0.506 e. The fraction of sp³-hybridized carbons (Fsp3) is 0.250. The van der Waals surface area contributed by atoms with E-state index in [-0.39, 0.29) is 5.75 Å².